The maximum Gasteiger partial charge on any atom is 0.303 e. The summed E-state index contributed by atoms with van der Waals surface area (Å²) in [4.78, 5) is 26.9. The second-order valence-corrected chi connectivity index (χ2v) is 4.97. The molecule has 0 spiro atoms. The number of aryl methyl sites for hydroxylation is 1. The monoisotopic (exact) mass is 242 g/mol. The van der Waals surface area contributed by atoms with Crippen molar-refractivity contribution in [1.82, 2.24) is 4.98 Å². The van der Waals surface area contributed by atoms with Gasteiger partial charge in [-0.1, -0.05) is 6.92 Å². The van der Waals surface area contributed by atoms with Crippen LogP contribution in [0.15, 0.2) is 6.20 Å². The van der Waals surface area contributed by atoms with E-state index in [4.69, 9.17) is 5.11 Å². The second kappa shape index (κ2) is 5.60. The Labute approximate surface area is 97.5 Å². The molecule has 5 nitrogen and oxygen atoms in total. The maximum absolute atomic E-state index is 11.5. The summed E-state index contributed by atoms with van der Waals surface area (Å²) in [7, 11) is 0. The third-order valence-electron chi connectivity index (χ3n) is 1.92. The Balaban J connectivity index is 2.38. The van der Waals surface area contributed by atoms with Crippen molar-refractivity contribution < 1.29 is 14.7 Å². The Bertz CT molecular complexity index is 389. The number of carboxylic acids is 1. The zero-order chi connectivity index (χ0) is 12.1. The minimum absolute atomic E-state index is 0.00428. The fraction of sp³-hybridized carbons (Fsp3) is 0.500. The normalized spacial score (nSPS) is 12.1. The van der Waals surface area contributed by atoms with Gasteiger partial charge >= 0.3 is 5.97 Å². The molecule has 1 atom stereocenters. The van der Waals surface area contributed by atoms with E-state index >= 15 is 0 Å². The van der Waals surface area contributed by atoms with Gasteiger partial charge in [0.15, 0.2) is 5.13 Å². The van der Waals surface area contributed by atoms with Gasteiger partial charge in [-0.05, 0) is 12.8 Å². The molecule has 16 heavy (non-hydrogen) atoms. The quantitative estimate of drug-likeness (QED) is 0.826. The molecule has 88 valence electrons. The molecule has 0 aliphatic heterocycles. The number of carbonyl (C=O) groups is 2. The molecule has 1 amide bonds. The number of hydrogen-bond donors (Lipinski definition) is 2. The van der Waals surface area contributed by atoms with Crippen LogP contribution in [0.4, 0.5) is 5.13 Å². The SMILES string of the molecule is Cc1cnc(NC(=O)CC(C)CC(=O)O)s1. The van der Waals surface area contributed by atoms with Gasteiger partial charge in [-0.2, -0.15) is 0 Å². The van der Waals surface area contributed by atoms with Crippen LogP contribution < -0.4 is 5.32 Å². The van der Waals surface area contributed by atoms with Crippen LogP contribution in [0, 0.1) is 12.8 Å². The second-order valence-electron chi connectivity index (χ2n) is 3.73. The molecule has 0 aliphatic rings. The van der Waals surface area contributed by atoms with E-state index in [9.17, 15) is 9.59 Å². The van der Waals surface area contributed by atoms with Crippen molar-refractivity contribution in [3.63, 3.8) is 0 Å². The summed E-state index contributed by atoms with van der Waals surface area (Å²) in [6.45, 7) is 3.64. The van der Waals surface area contributed by atoms with Crippen molar-refractivity contribution in [1.29, 1.82) is 0 Å². The van der Waals surface area contributed by atoms with Gasteiger partial charge in [0, 0.05) is 23.9 Å². The molecular formula is C10H14N2O3S. The van der Waals surface area contributed by atoms with Crippen LogP contribution in [-0.2, 0) is 9.59 Å². The summed E-state index contributed by atoms with van der Waals surface area (Å²) in [5.41, 5.74) is 0. The van der Waals surface area contributed by atoms with Crippen LogP contribution in [0.25, 0.3) is 0 Å². The van der Waals surface area contributed by atoms with E-state index in [1.165, 1.54) is 11.3 Å². The molecule has 0 saturated carbocycles. The lowest BCUT2D eigenvalue weighted by molar-refractivity contribution is -0.138. The van der Waals surface area contributed by atoms with Gasteiger partial charge in [-0.15, -0.1) is 11.3 Å². The Morgan fingerprint density at radius 1 is 1.56 bits per heavy atom. The van der Waals surface area contributed by atoms with E-state index in [1.54, 1.807) is 13.1 Å². The lowest BCUT2D eigenvalue weighted by Crippen LogP contribution is -2.16. The summed E-state index contributed by atoms with van der Waals surface area (Å²) in [6, 6.07) is 0. The van der Waals surface area contributed by atoms with Crippen molar-refractivity contribution in [2.75, 3.05) is 5.32 Å². The predicted molar refractivity (Wildman–Crippen MR) is 61.5 cm³/mol. The van der Waals surface area contributed by atoms with Crippen LogP contribution in [0.3, 0.4) is 0 Å². The number of hydrogen-bond acceptors (Lipinski definition) is 4. The largest absolute Gasteiger partial charge is 0.481 e. The van der Waals surface area contributed by atoms with Gasteiger partial charge in [-0.25, -0.2) is 4.98 Å². The van der Waals surface area contributed by atoms with Crippen molar-refractivity contribution in [2.45, 2.75) is 26.7 Å². The number of aliphatic carboxylic acids is 1. The molecular weight excluding hydrogens is 228 g/mol. The number of nitrogens with zero attached hydrogens (tertiary/aromatic N) is 1. The lowest BCUT2D eigenvalue weighted by atomic mass is 10.0. The van der Waals surface area contributed by atoms with Crippen molar-refractivity contribution >= 4 is 28.3 Å². The number of amides is 1. The summed E-state index contributed by atoms with van der Waals surface area (Å²) in [5, 5.41) is 11.8. The van der Waals surface area contributed by atoms with Gasteiger partial charge in [0.2, 0.25) is 5.91 Å². The first kappa shape index (κ1) is 12.6. The number of anilines is 1. The highest BCUT2D eigenvalue weighted by atomic mass is 32.1. The van der Waals surface area contributed by atoms with Crippen molar-refractivity contribution in [2.24, 2.45) is 5.92 Å². The Morgan fingerprint density at radius 2 is 2.25 bits per heavy atom. The Kier molecular flexibility index (Phi) is 4.42. The van der Waals surface area contributed by atoms with Crippen LogP contribution in [-0.4, -0.2) is 22.0 Å². The van der Waals surface area contributed by atoms with E-state index in [-0.39, 0.29) is 24.7 Å². The van der Waals surface area contributed by atoms with E-state index in [2.05, 4.69) is 10.3 Å². The highest BCUT2D eigenvalue weighted by molar-refractivity contribution is 7.15. The molecule has 0 aromatic carbocycles. The summed E-state index contributed by atoms with van der Waals surface area (Å²) >= 11 is 1.40. The zero-order valence-electron chi connectivity index (χ0n) is 9.19. The van der Waals surface area contributed by atoms with E-state index in [0.717, 1.165) is 4.88 Å². The molecule has 0 saturated heterocycles. The summed E-state index contributed by atoms with van der Waals surface area (Å²) in [6.07, 6.45) is 1.89. The number of nitrogens with one attached hydrogen (secondary N) is 1. The molecule has 0 radical (unpaired) electrons. The van der Waals surface area contributed by atoms with Gasteiger partial charge in [0.05, 0.1) is 0 Å². The molecule has 0 aliphatic carbocycles. The van der Waals surface area contributed by atoms with E-state index in [0.29, 0.717) is 5.13 Å². The van der Waals surface area contributed by atoms with Gasteiger partial charge in [0.1, 0.15) is 0 Å². The minimum Gasteiger partial charge on any atom is -0.481 e. The molecule has 1 rings (SSSR count). The Morgan fingerprint density at radius 3 is 2.75 bits per heavy atom. The molecule has 1 aromatic heterocycles. The summed E-state index contributed by atoms with van der Waals surface area (Å²) < 4.78 is 0. The average molecular weight is 242 g/mol. The van der Waals surface area contributed by atoms with Gasteiger partial charge < -0.3 is 10.4 Å². The molecule has 1 unspecified atom stereocenters. The molecule has 6 heteroatoms. The van der Waals surface area contributed by atoms with Crippen LogP contribution in [0.5, 0.6) is 0 Å². The van der Waals surface area contributed by atoms with E-state index < -0.39 is 5.97 Å². The van der Waals surface area contributed by atoms with Crippen LogP contribution >= 0.6 is 11.3 Å². The highest BCUT2D eigenvalue weighted by Crippen LogP contribution is 2.17. The first-order valence-electron chi connectivity index (χ1n) is 4.91. The fourth-order valence-corrected chi connectivity index (χ4v) is 1.95. The number of carboxylic acid groups (broad SMARTS) is 1. The maximum atomic E-state index is 11.5. The minimum atomic E-state index is -0.884. The Hall–Kier alpha value is -1.43. The topological polar surface area (TPSA) is 79.3 Å². The summed E-state index contributed by atoms with van der Waals surface area (Å²) in [5.74, 6) is -1.24. The number of rotatable bonds is 5. The zero-order valence-corrected chi connectivity index (χ0v) is 10.0. The first-order valence-corrected chi connectivity index (χ1v) is 5.73. The highest BCUT2D eigenvalue weighted by Gasteiger charge is 2.13. The molecule has 0 fully saturated rings. The molecule has 1 heterocycles. The third kappa shape index (κ3) is 4.39. The first-order chi connectivity index (χ1) is 7.47. The van der Waals surface area contributed by atoms with Crippen molar-refractivity contribution in [3.05, 3.63) is 11.1 Å². The van der Waals surface area contributed by atoms with Crippen LogP contribution in [0.2, 0.25) is 0 Å². The number of thiazole rings is 1. The molecule has 0 bridgehead atoms. The lowest BCUT2D eigenvalue weighted by Gasteiger charge is -2.07. The van der Waals surface area contributed by atoms with Crippen molar-refractivity contribution in [3.8, 4) is 0 Å². The number of carbonyl (C=O) groups excluding carboxylic acids is 1. The van der Waals surface area contributed by atoms with Gasteiger partial charge in [-0.3, -0.25) is 9.59 Å². The third-order valence-corrected chi connectivity index (χ3v) is 2.75. The molecule has 2 N–H and O–H groups in total. The fourth-order valence-electron chi connectivity index (χ4n) is 1.27. The van der Waals surface area contributed by atoms with E-state index in [1.807, 2.05) is 6.92 Å². The number of aromatic nitrogens is 1. The average Bonchev–Trinajstić information content (AvgIpc) is 2.48. The van der Waals surface area contributed by atoms with Crippen LogP contribution in [0.1, 0.15) is 24.6 Å². The smallest absolute Gasteiger partial charge is 0.303 e. The predicted octanol–water partition coefficient (Wildman–Crippen LogP) is 1.89. The van der Waals surface area contributed by atoms with Gasteiger partial charge in [0.25, 0.3) is 0 Å². The molecule has 1 aromatic rings. The standard InChI is InChI=1S/C10H14N2O3S/c1-6(4-9(14)15)3-8(13)12-10-11-5-7(2)16-10/h5-6H,3-4H2,1-2H3,(H,14,15)(H,11,12,13).